The van der Waals surface area contributed by atoms with Gasteiger partial charge in [-0.25, -0.2) is 0 Å². The first kappa shape index (κ1) is 21.0. The molecule has 2 aromatic carbocycles. The lowest BCUT2D eigenvalue weighted by Gasteiger charge is -2.22. The van der Waals surface area contributed by atoms with Crippen LogP contribution in [0.4, 0.5) is 0 Å². The van der Waals surface area contributed by atoms with Crippen LogP contribution in [0.25, 0.3) is 5.69 Å². The van der Waals surface area contributed by atoms with E-state index in [1.165, 1.54) is 17.3 Å². The number of para-hydroxylation sites is 1. The molecule has 29 heavy (non-hydrogen) atoms. The predicted octanol–water partition coefficient (Wildman–Crippen LogP) is 4.12. The van der Waals surface area contributed by atoms with Crippen molar-refractivity contribution in [1.29, 1.82) is 0 Å². The number of aromatic nitrogens is 4. The maximum atomic E-state index is 12.9. The lowest BCUT2D eigenvalue weighted by molar-refractivity contribution is -0.129. The fourth-order valence-corrected chi connectivity index (χ4v) is 4.02. The molecular formula is C22H27N5OS. The van der Waals surface area contributed by atoms with Crippen molar-refractivity contribution >= 4 is 17.7 Å². The summed E-state index contributed by atoms with van der Waals surface area (Å²) in [6, 6.07) is 14.4. The van der Waals surface area contributed by atoms with Gasteiger partial charge >= 0.3 is 0 Å². The second-order valence-corrected chi connectivity index (χ2v) is 8.15. The molecule has 0 unspecified atom stereocenters. The van der Waals surface area contributed by atoms with Crippen molar-refractivity contribution in [3.05, 3.63) is 64.7 Å². The lowest BCUT2D eigenvalue weighted by atomic mass is 10.1. The Labute approximate surface area is 176 Å². The zero-order valence-electron chi connectivity index (χ0n) is 17.4. The van der Waals surface area contributed by atoms with Gasteiger partial charge in [0.15, 0.2) is 0 Å². The van der Waals surface area contributed by atoms with Crippen LogP contribution in [0.1, 0.15) is 35.6 Å². The van der Waals surface area contributed by atoms with Gasteiger partial charge in [0.05, 0.1) is 11.4 Å². The normalized spacial score (nSPS) is 10.9. The third-order valence-electron chi connectivity index (χ3n) is 4.76. The molecule has 0 saturated heterocycles. The fourth-order valence-electron chi connectivity index (χ4n) is 3.24. The van der Waals surface area contributed by atoms with E-state index in [1.54, 1.807) is 4.68 Å². The molecule has 3 rings (SSSR count). The number of amides is 1. The van der Waals surface area contributed by atoms with Crippen molar-refractivity contribution < 1.29 is 4.79 Å². The summed E-state index contributed by atoms with van der Waals surface area (Å²) in [5.41, 5.74) is 5.52. The number of carbonyl (C=O) groups is 1. The second-order valence-electron chi connectivity index (χ2n) is 7.20. The highest BCUT2D eigenvalue weighted by atomic mass is 32.2. The minimum absolute atomic E-state index is 0.0912. The molecule has 6 nitrogen and oxygen atoms in total. The molecule has 0 aliphatic carbocycles. The molecule has 0 bridgehead atoms. The van der Waals surface area contributed by atoms with Crippen molar-refractivity contribution in [2.75, 3.05) is 12.3 Å². The van der Waals surface area contributed by atoms with Gasteiger partial charge in [-0.3, -0.25) is 4.79 Å². The maximum absolute atomic E-state index is 12.9. The van der Waals surface area contributed by atoms with Gasteiger partial charge in [0.2, 0.25) is 11.1 Å². The van der Waals surface area contributed by atoms with Crippen molar-refractivity contribution in [3.63, 3.8) is 0 Å². The number of hydrogen-bond donors (Lipinski definition) is 0. The molecule has 152 valence electrons. The maximum Gasteiger partial charge on any atom is 0.233 e. The van der Waals surface area contributed by atoms with Gasteiger partial charge in [-0.2, -0.15) is 4.68 Å². The quantitative estimate of drug-likeness (QED) is 0.524. The number of benzene rings is 2. The molecule has 7 heteroatoms. The van der Waals surface area contributed by atoms with E-state index in [4.69, 9.17) is 0 Å². The second kappa shape index (κ2) is 9.69. The molecule has 0 N–H and O–H groups in total. The summed E-state index contributed by atoms with van der Waals surface area (Å²) in [5, 5.41) is 12.8. The number of nitrogens with zero attached hydrogens (tertiary/aromatic N) is 5. The van der Waals surface area contributed by atoms with Crippen molar-refractivity contribution in [2.45, 2.75) is 45.8 Å². The highest BCUT2D eigenvalue weighted by Gasteiger charge is 2.18. The van der Waals surface area contributed by atoms with Crippen LogP contribution in [0, 0.1) is 20.8 Å². The Morgan fingerprint density at radius 2 is 1.76 bits per heavy atom. The monoisotopic (exact) mass is 409 g/mol. The van der Waals surface area contributed by atoms with Gasteiger partial charge in [0, 0.05) is 13.1 Å². The van der Waals surface area contributed by atoms with Gasteiger partial charge in [0.1, 0.15) is 0 Å². The van der Waals surface area contributed by atoms with Crippen LogP contribution in [0.2, 0.25) is 0 Å². The average molecular weight is 410 g/mol. The Morgan fingerprint density at radius 3 is 2.41 bits per heavy atom. The standard InChI is InChI=1S/C22H27N5OS/c1-5-13-26(14-19-11-9-16(2)10-12-19)20(28)15-29-22-23-24-25-27(22)21-17(3)7-6-8-18(21)4/h6-12H,5,13-15H2,1-4H3. The highest BCUT2D eigenvalue weighted by molar-refractivity contribution is 7.99. The summed E-state index contributed by atoms with van der Waals surface area (Å²) in [6.07, 6.45) is 0.919. The first-order valence-electron chi connectivity index (χ1n) is 9.80. The number of carbonyl (C=O) groups excluding carboxylic acids is 1. The van der Waals surface area contributed by atoms with Crippen molar-refractivity contribution in [1.82, 2.24) is 25.1 Å². The van der Waals surface area contributed by atoms with E-state index in [9.17, 15) is 4.79 Å². The summed E-state index contributed by atoms with van der Waals surface area (Å²) in [6.45, 7) is 9.58. The topological polar surface area (TPSA) is 63.9 Å². The van der Waals surface area contributed by atoms with E-state index in [2.05, 4.69) is 53.6 Å². The number of aryl methyl sites for hydroxylation is 3. The van der Waals surface area contributed by atoms with E-state index < -0.39 is 0 Å². The number of hydrogen-bond acceptors (Lipinski definition) is 5. The third kappa shape index (κ3) is 5.23. The fraction of sp³-hybridized carbons (Fsp3) is 0.364. The molecule has 0 radical (unpaired) electrons. The zero-order valence-corrected chi connectivity index (χ0v) is 18.2. The van der Waals surface area contributed by atoms with Crippen LogP contribution < -0.4 is 0 Å². The van der Waals surface area contributed by atoms with Gasteiger partial charge in [-0.15, -0.1) is 5.10 Å². The molecule has 1 heterocycles. The van der Waals surface area contributed by atoms with Crippen molar-refractivity contribution in [3.8, 4) is 5.69 Å². The average Bonchev–Trinajstić information content (AvgIpc) is 3.15. The highest BCUT2D eigenvalue weighted by Crippen LogP contribution is 2.24. The minimum Gasteiger partial charge on any atom is -0.338 e. The summed E-state index contributed by atoms with van der Waals surface area (Å²) in [5.74, 6) is 0.394. The Morgan fingerprint density at radius 1 is 1.07 bits per heavy atom. The number of thioether (sulfide) groups is 1. The molecule has 0 fully saturated rings. The van der Waals surface area contributed by atoms with Crippen molar-refractivity contribution in [2.24, 2.45) is 0 Å². The van der Waals surface area contributed by atoms with Gasteiger partial charge in [-0.05, 0) is 54.3 Å². The summed E-state index contributed by atoms with van der Waals surface area (Å²) in [7, 11) is 0. The Hall–Kier alpha value is -2.67. The molecule has 0 aliphatic rings. The third-order valence-corrected chi connectivity index (χ3v) is 5.66. The van der Waals surface area contributed by atoms with Gasteiger partial charge in [0.25, 0.3) is 0 Å². The summed E-state index contributed by atoms with van der Waals surface area (Å²) in [4.78, 5) is 14.8. The first-order valence-corrected chi connectivity index (χ1v) is 10.8. The van der Waals surface area contributed by atoms with Crippen LogP contribution in [0.15, 0.2) is 47.6 Å². The largest absolute Gasteiger partial charge is 0.338 e. The van der Waals surface area contributed by atoms with E-state index in [0.29, 0.717) is 17.5 Å². The molecule has 0 saturated carbocycles. The number of tetrazole rings is 1. The Kier molecular flexibility index (Phi) is 7.04. The number of rotatable bonds is 8. The van der Waals surface area contributed by atoms with Crippen LogP contribution in [-0.4, -0.2) is 43.3 Å². The lowest BCUT2D eigenvalue weighted by Crippen LogP contribution is -2.32. The SMILES string of the molecule is CCCN(Cc1ccc(C)cc1)C(=O)CSc1nnnn1-c1c(C)cccc1C. The molecular weight excluding hydrogens is 382 g/mol. The molecule has 0 spiro atoms. The molecule has 1 amide bonds. The molecule has 0 atom stereocenters. The Bertz CT molecular complexity index is 947. The zero-order chi connectivity index (χ0) is 20.8. The molecule has 0 aliphatic heterocycles. The predicted molar refractivity (Wildman–Crippen MR) is 116 cm³/mol. The van der Waals surface area contributed by atoms with Crippen LogP contribution in [-0.2, 0) is 11.3 Å². The molecule has 3 aromatic rings. The molecule has 1 aromatic heterocycles. The minimum atomic E-state index is 0.0912. The summed E-state index contributed by atoms with van der Waals surface area (Å²) >= 11 is 1.38. The van der Waals surface area contributed by atoms with E-state index in [1.807, 2.05) is 36.9 Å². The van der Waals surface area contributed by atoms with Crippen LogP contribution >= 0.6 is 11.8 Å². The van der Waals surface area contributed by atoms with Crippen LogP contribution in [0.3, 0.4) is 0 Å². The first-order chi connectivity index (χ1) is 14.0. The van der Waals surface area contributed by atoms with Gasteiger partial charge in [-0.1, -0.05) is 66.7 Å². The summed E-state index contributed by atoms with van der Waals surface area (Å²) < 4.78 is 1.73. The Balaban J connectivity index is 1.71. The van der Waals surface area contributed by atoms with Crippen LogP contribution in [0.5, 0.6) is 0 Å². The van der Waals surface area contributed by atoms with E-state index >= 15 is 0 Å². The van der Waals surface area contributed by atoms with E-state index in [-0.39, 0.29) is 5.91 Å². The van der Waals surface area contributed by atoms with Gasteiger partial charge < -0.3 is 4.90 Å². The smallest absolute Gasteiger partial charge is 0.233 e. The van der Waals surface area contributed by atoms with E-state index in [0.717, 1.165) is 35.3 Å².